The number of imidazole rings is 1. The van der Waals surface area contributed by atoms with E-state index in [2.05, 4.69) is 20.4 Å². The topological polar surface area (TPSA) is 126 Å². The number of halogens is 1. The number of rotatable bonds is 5. The van der Waals surface area contributed by atoms with E-state index in [1.807, 2.05) is 30.3 Å². The molecule has 0 radical (unpaired) electrons. The Kier molecular flexibility index (Phi) is 6.55. The zero-order valence-electron chi connectivity index (χ0n) is 21.6. The van der Waals surface area contributed by atoms with Gasteiger partial charge in [0.2, 0.25) is 5.91 Å². The number of benzene rings is 3. The molecule has 1 spiro atoms. The molecule has 2 aliphatic rings. The lowest BCUT2D eigenvalue weighted by Gasteiger charge is -2.35. The average Bonchev–Trinajstić information content (AvgIpc) is 3.57. The van der Waals surface area contributed by atoms with Crippen molar-refractivity contribution in [3.8, 4) is 0 Å². The number of aromatic nitrogens is 2. The number of H-pyrrole nitrogens is 1. The number of likely N-dealkylation sites (tertiary alicyclic amines) is 1. The van der Waals surface area contributed by atoms with Crippen molar-refractivity contribution in [1.29, 1.82) is 0 Å². The van der Waals surface area contributed by atoms with Crippen molar-refractivity contribution in [2.75, 3.05) is 30.8 Å². The molecule has 0 bridgehead atoms. The number of ether oxygens (including phenoxy) is 2. The number of carbonyl (C=O) groups is 3. The molecule has 6 rings (SSSR count). The molecule has 4 aromatic rings. The Morgan fingerprint density at radius 2 is 2.00 bits per heavy atom. The van der Waals surface area contributed by atoms with Crippen LogP contribution in [0.1, 0.15) is 29.3 Å². The molecule has 3 N–H and O–H groups in total. The van der Waals surface area contributed by atoms with Gasteiger partial charge in [-0.3, -0.25) is 15.4 Å². The van der Waals surface area contributed by atoms with Crippen LogP contribution in [0.2, 0.25) is 5.02 Å². The highest BCUT2D eigenvalue weighted by molar-refractivity contribution is 6.30. The van der Waals surface area contributed by atoms with Crippen LogP contribution in [0.25, 0.3) is 11.0 Å². The molecule has 1 saturated heterocycles. The lowest BCUT2D eigenvalue weighted by molar-refractivity contribution is -0.133. The zero-order valence-corrected chi connectivity index (χ0v) is 22.3. The lowest BCUT2D eigenvalue weighted by atomic mass is 9.90. The molecule has 0 saturated carbocycles. The standard InChI is InChI=1S/C29H26ClN5O5/c1-39-27(37)31-19-8-10-23-24(15-19)33-25(32-23)20(13-17-5-3-2-4-6-17)26(36)35-12-11-29(16-35)21-14-18(30)7-9-22(21)34-28(38)40-29/h2-10,14-15,20H,11-13,16H2,1H3,(H,31,37)(H,32,33)(H,34,38)/t20-,29+/m0/s1. The lowest BCUT2D eigenvalue weighted by Crippen LogP contribution is -2.43. The van der Waals surface area contributed by atoms with Gasteiger partial charge in [0.1, 0.15) is 11.7 Å². The number of nitrogens with zero attached hydrogens (tertiary/aromatic N) is 2. The minimum Gasteiger partial charge on any atom is -0.453 e. The van der Waals surface area contributed by atoms with Crippen molar-refractivity contribution in [2.45, 2.75) is 24.4 Å². The van der Waals surface area contributed by atoms with E-state index in [1.54, 1.807) is 41.3 Å². The van der Waals surface area contributed by atoms with E-state index in [9.17, 15) is 14.4 Å². The van der Waals surface area contributed by atoms with E-state index < -0.39 is 23.7 Å². The summed E-state index contributed by atoms with van der Waals surface area (Å²) in [6, 6.07) is 20.2. The summed E-state index contributed by atoms with van der Waals surface area (Å²) in [6.45, 7) is 0.599. The molecule has 11 heteroatoms. The first-order chi connectivity index (χ1) is 19.3. The Morgan fingerprint density at radius 1 is 1.18 bits per heavy atom. The molecule has 0 aliphatic carbocycles. The molecule has 3 aromatic carbocycles. The minimum absolute atomic E-state index is 0.133. The van der Waals surface area contributed by atoms with Crippen LogP contribution in [-0.4, -0.2) is 53.2 Å². The highest BCUT2D eigenvalue weighted by atomic mass is 35.5. The molecular formula is C29H26ClN5O5. The number of carbonyl (C=O) groups excluding carboxylic acids is 3. The molecule has 3 heterocycles. The van der Waals surface area contributed by atoms with Gasteiger partial charge in [0.25, 0.3) is 0 Å². The smallest absolute Gasteiger partial charge is 0.412 e. The van der Waals surface area contributed by atoms with Crippen molar-refractivity contribution >= 4 is 52.1 Å². The van der Waals surface area contributed by atoms with Crippen molar-refractivity contribution < 1.29 is 23.9 Å². The Bertz CT molecular complexity index is 1620. The van der Waals surface area contributed by atoms with Gasteiger partial charge in [-0.25, -0.2) is 14.6 Å². The van der Waals surface area contributed by atoms with Gasteiger partial charge in [-0.1, -0.05) is 41.9 Å². The summed E-state index contributed by atoms with van der Waals surface area (Å²) in [5.41, 5.74) is 3.24. The molecule has 40 heavy (non-hydrogen) atoms. The van der Waals surface area contributed by atoms with Crippen molar-refractivity contribution in [3.63, 3.8) is 0 Å². The first-order valence-corrected chi connectivity index (χ1v) is 13.2. The number of hydrogen-bond donors (Lipinski definition) is 3. The molecule has 10 nitrogen and oxygen atoms in total. The summed E-state index contributed by atoms with van der Waals surface area (Å²) < 4.78 is 10.5. The third kappa shape index (κ3) is 4.82. The van der Waals surface area contributed by atoms with Gasteiger partial charge in [-0.05, 0) is 48.4 Å². The summed E-state index contributed by atoms with van der Waals surface area (Å²) in [7, 11) is 1.29. The SMILES string of the molecule is COC(=O)Nc1ccc2nc([C@H](Cc3ccccc3)C(=O)N3CC[C@]4(C3)OC(=O)Nc3ccc(Cl)cc34)[nH]c2c1. The Labute approximate surface area is 234 Å². The quantitative estimate of drug-likeness (QED) is 0.300. The number of anilines is 2. The molecule has 2 atom stereocenters. The van der Waals surface area contributed by atoms with E-state index >= 15 is 0 Å². The first-order valence-electron chi connectivity index (χ1n) is 12.8. The van der Waals surface area contributed by atoms with Gasteiger partial charge < -0.3 is 19.4 Å². The summed E-state index contributed by atoms with van der Waals surface area (Å²) in [6.07, 6.45) is -0.278. The van der Waals surface area contributed by atoms with E-state index in [4.69, 9.17) is 21.3 Å². The largest absolute Gasteiger partial charge is 0.453 e. The molecule has 204 valence electrons. The third-order valence-corrected chi connectivity index (χ3v) is 7.62. The molecular weight excluding hydrogens is 534 g/mol. The van der Waals surface area contributed by atoms with Gasteiger partial charge in [-0.15, -0.1) is 0 Å². The number of amides is 3. The Hall–Kier alpha value is -4.57. The fourth-order valence-corrected chi connectivity index (χ4v) is 5.63. The highest BCUT2D eigenvalue weighted by Crippen LogP contribution is 2.44. The van der Waals surface area contributed by atoms with Gasteiger partial charge >= 0.3 is 12.2 Å². The molecule has 1 aromatic heterocycles. The van der Waals surface area contributed by atoms with Crippen molar-refractivity contribution in [2.24, 2.45) is 0 Å². The normalized spacial score (nSPS) is 18.6. The van der Waals surface area contributed by atoms with Gasteiger partial charge in [0.15, 0.2) is 5.60 Å². The van der Waals surface area contributed by atoms with E-state index in [0.717, 1.165) is 11.1 Å². The minimum atomic E-state index is -0.988. The summed E-state index contributed by atoms with van der Waals surface area (Å²) in [5, 5.41) is 5.89. The summed E-state index contributed by atoms with van der Waals surface area (Å²) in [5.74, 6) is -0.255. The van der Waals surface area contributed by atoms with E-state index in [-0.39, 0.29) is 12.5 Å². The average molecular weight is 560 g/mol. The van der Waals surface area contributed by atoms with Gasteiger partial charge in [0, 0.05) is 29.2 Å². The predicted octanol–water partition coefficient (Wildman–Crippen LogP) is 5.41. The molecule has 0 unspecified atom stereocenters. The second kappa shape index (κ2) is 10.2. The Morgan fingerprint density at radius 3 is 2.80 bits per heavy atom. The number of fused-ring (bicyclic) bond motifs is 3. The second-order valence-electron chi connectivity index (χ2n) is 9.92. The monoisotopic (exact) mass is 559 g/mol. The first kappa shape index (κ1) is 25.7. The number of methoxy groups -OCH3 is 1. The predicted molar refractivity (Wildman–Crippen MR) is 149 cm³/mol. The molecule has 2 aliphatic heterocycles. The van der Waals surface area contributed by atoms with Gasteiger partial charge in [0.05, 0.1) is 30.4 Å². The van der Waals surface area contributed by atoms with Crippen LogP contribution in [0.5, 0.6) is 0 Å². The fourth-order valence-electron chi connectivity index (χ4n) is 5.46. The maximum atomic E-state index is 14.2. The van der Waals surface area contributed by atoms with Crippen LogP contribution in [0.3, 0.4) is 0 Å². The molecule has 3 amide bonds. The van der Waals surface area contributed by atoms with Crippen LogP contribution in [0.15, 0.2) is 66.7 Å². The van der Waals surface area contributed by atoms with E-state index in [1.165, 1.54) is 7.11 Å². The van der Waals surface area contributed by atoms with Crippen LogP contribution in [0, 0.1) is 0 Å². The van der Waals surface area contributed by atoms with Gasteiger partial charge in [-0.2, -0.15) is 0 Å². The maximum absolute atomic E-state index is 14.2. The molecule has 1 fully saturated rings. The third-order valence-electron chi connectivity index (χ3n) is 7.38. The van der Waals surface area contributed by atoms with E-state index in [0.29, 0.717) is 52.6 Å². The van der Waals surface area contributed by atoms with Crippen LogP contribution in [0.4, 0.5) is 21.0 Å². The van der Waals surface area contributed by atoms with Crippen LogP contribution < -0.4 is 10.6 Å². The summed E-state index contributed by atoms with van der Waals surface area (Å²) >= 11 is 6.29. The number of nitrogens with one attached hydrogen (secondary N) is 3. The zero-order chi connectivity index (χ0) is 27.9. The number of aromatic amines is 1. The van der Waals surface area contributed by atoms with Crippen molar-refractivity contribution in [3.05, 3.63) is 88.7 Å². The fraction of sp³-hybridized carbons (Fsp3) is 0.241. The number of hydrogen-bond acceptors (Lipinski definition) is 6. The van der Waals surface area contributed by atoms with Crippen LogP contribution >= 0.6 is 11.6 Å². The van der Waals surface area contributed by atoms with Crippen molar-refractivity contribution in [1.82, 2.24) is 14.9 Å². The second-order valence-corrected chi connectivity index (χ2v) is 10.4. The Balaban J connectivity index is 1.33. The summed E-state index contributed by atoms with van der Waals surface area (Å²) in [4.78, 5) is 48.0. The van der Waals surface area contributed by atoms with Crippen LogP contribution in [-0.2, 0) is 26.3 Å². The maximum Gasteiger partial charge on any atom is 0.412 e. The highest BCUT2D eigenvalue weighted by Gasteiger charge is 2.49.